The van der Waals surface area contributed by atoms with Gasteiger partial charge in [0.2, 0.25) is 0 Å². The third-order valence-corrected chi connectivity index (χ3v) is 2.25. The third kappa shape index (κ3) is 2.51. The maximum absolute atomic E-state index is 10.9. The molecule has 82 valence electrons. The summed E-state index contributed by atoms with van der Waals surface area (Å²) in [6.45, 7) is 5.10. The van der Waals surface area contributed by atoms with E-state index in [0.717, 1.165) is 0 Å². The zero-order valence-corrected chi connectivity index (χ0v) is 8.69. The van der Waals surface area contributed by atoms with Crippen LogP contribution in [0.4, 0.5) is 0 Å². The van der Waals surface area contributed by atoms with Crippen molar-refractivity contribution in [1.29, 1.82) is 0 Å². The molecule has 0 radical (unpaired) electrons. The molecule has 14 heavy (non-hydrogen) atoms. The van der Waals surface area contributed by atoms with Gasteiger partial charge in [0.25, 0.3) is 0 Å². The van der Waals surface area contributed by atoms with Crippen LogP contribution in [0.1, 0.15) is 20.8 Å². The largest absolute Gasteiger partial charge is 0.388 e. The Morgan fingerprint density at radius 2 is 2.21 bits per heavy atom. The van der Waals surface area contributed by atoms with E-state index in [1.807, 2.05) is 0 Å². The van der Waals surface area contributed by atoms with Crippen molar-refractivity contribution in [3.8, 4) is 0 Å². The first kappa shape index (κ1) is 11.6. The van der Waals surface area contributed by atoms with Crippen molar-refractivity contribution in [2.75, 3.05) is 6.61 Å². The highest BCUT2D eigenvalue weighted by Crippen LogP contribution is 2.24. The summed E-state index contributed by atoms with van der Waals surface area (Å²) in [5, 5.41) is 9.67. The van der Waals surface area contributed by atoms with Gasteiger partial charge in [0, 0.05) is 0 Å². The van der Waals surface area contributed by atoms with Gasteiger partial charge in [-0.1, -0.05) is 0 Å². The summed E-state index contributed by atoms with van der Waals surface area (Å²) in [5.74, 6) is -0.965. The van der Waals surface area contributed by atoms with Crippen LogP contribution in [0.25, 0.3) is 0 Å². The third-order valence-electron chi connectivity index (χ3n) is 2.25. The van der Waals surface area contributed by atoms with Gasteiger partial charge in [-0.25, -0.2) is 0 Å². The highest BCUT2D eigenvalue weighted by atomic mass is 16.7. The van der Waals surface area contributed by atoms with E-state index in [2.05, 4.69) is 0 Å². The van der Waals surface area contributed by atoms with Crippen molar-refractivity contribution in [3.63, 3.8) is 0 Å². The van der Waals surface area contributed by atoms with Crippen LogP contribution in [-0.4, -0.2) is 41.5 Å². The summed E-state index contributed by atoms with van der Waals surface area (Å²) < 4.78 is 10.6. The fourth-order valence-electron chi connectivity index (χ4n) is 1.36. The van der Waals surface area contributed by atoms with Crippen LogP contribution in [-0.2, 0) is 14.3 Å². The molecule has 0 saturated carbocycles. The minimum Gasteiger partial charge on any atom is -0.388 e. The van der Waals surface area contributed by atoms with E-state index in [4.69, 9.17) is 15.2 Å². The molecule has 1 rings (SSSR count). The van der Waals surface area contributed by atoms with Crippen LogP contribution in [0.3, 0.4) is 0 Å². The molecule has 0 bridgehead atoms. The van der Waals surface area contributed by atoms with Gasteiger partial charge in [0.05, 0.1) is 12.6 Å². The lowest BCUT2D eigenvalue weighted by atomic mass is 10.0. The molecule has 0 spiro atoms. The number of hydrogen-bond acceptors (Lipinski definition) is 5. The van der Waals surface area contributed by atoms with Crippen LogP contribution in [0.2, 0.25) is 0 Å². The first-order valence-corrected chi connectivity index (χ1v) is 4.59. The predicted molar refractivity (Wildman–Crippen MR) is 49.6 cm³/mol. The molecule has 1 fully saturated rings. The number of carbonyl (C=O) groups is 1. The molecule has 0 aliphatic carbocycles. The lowest BCUT2D eigenvalue weighted by Crippen LogP contribution is -2.48. The number of ether oxygens (including phenoxy) is 2. The summed E-state index contributed by atoms with van der Waals surface area (Å²) in [6.07, 6.45) is -1.53. The number of aliphatic hydroxyl groups excluding tert-OH is 1. The second-order valence-electron chi connectivity index (χ2n) is 3.99. The monoisotopic (exact) mass is 203 g/mol. The second kappa shape index (κ2) is 3.94. The Morgan fingerprint density at radius 3 is 2.57 bits per heavy atom. The van der Waals surface area contributed by atoms with Gasteiger partial charge in [-0.3, -0.25) is 4.79 Å². The van der Waals surface area contributed by atoms with Crippen LogP contribution in [0.15, 0.2) is 0 Å². The van der Waals surface area contributed by atoms with E-state index in [9.17, 15) is 9.90 Å². The molecule has 0 aromatic heterocycles. The highest BCUT2D eigenvalue weighted by Gasteiger charge is 2.39. The summed E-state index contributed by atoms with van der Waals surface area (Å²) in [5.41, 5.74) is 5.49. The van der Waals surface area contributed by atoms with Gasteiger partial charge in [0.1, 0.15) is 18.0 Å². The lowest BCUT2D eigenvalue weighted by Gasteiger charge is -2.23. The van der Waals surface area contributed by atoms with E-state index in [-0.39, 0.29) is 12.4 Å². The Morgan fingerprint density at radius 1 is 1.64 bits per heavy atom. The molecule has 5 nitrogen and oxygen atoms in total. The first-order chi connectivity index (χ1) is 6.33. The Labute approximate surface area is 83.2 Å². The van der Waals surface area contributed by atoms with Crippen molar-refractivity contribution < 1.29 is 19.4 Å². The van der Waals surface area contributed by atoms with E-state index in [0.29, 0.717) is 0 Å². The van der Waals surface area contributed by atoms with Crippen molar-refractivity contribution in [3.05, 3.63) is 0 Å². The number of nitrogens with two attached hydrogens (primary N) is 1. The average molecular weight is 203 g/mol. The Kier molecular flexibility index (Phi) is 3.26. The Bertz CT molecular complexity index is 229. The Hall–Kier alpha value is -0.490. The van der Waals surface area contributed by atoms with Gasteiger partial charge in [-0.15, -0.1) is 0 Å². The maximum Gasteiger partial charge on any atom is 0.163 e. The van der Waals surface area contributed by atoms with Crippen molar-refractivity contribution in [2.45, 2.75) is 44.8 Å². The summed E-state index contributed by atoms with van der Waals surface area (Å²) in [6, 6.07) is -0.905. The molecule has 1 heterocycles. The van der Waals surface area contributed by atoms with Gasteiger partial charge in [-0.05, 0) is 20.8 Å². The standard InChI is InChI=1S/C9H17NO4/c1-5(11)7(10)8(12)6-4-13-9(2,3)14-6/h6-8,12H,4,10H2,1-3H3/t6?,7-,8-/m1/s1. The van der Waals surface area contributed by atoms with Gasteiger partial charge < -0.3 is 20.3 Å². The molecule has 0 amide bonds. The summed E-state index contributed by atoms with van der Waals surface area (Å²) in [7, 11) is 0. The quantitative estimate of drug-likeness (QED) is 0.641. The minimum absolute atomic E-state index is 0.259. The molecule has 1 aliphatic heterocycles. The van der Waals surface area contributed by atoms with Crippen LogP contribution in [0, 0.1) is 0 Å². The van der Waals surface area contributed by atoms with Gasteiger partial charge in [0.15, 0.2) is 5.79 Å². The number of carbonyl (C=O) groups excluding carboxylic acids is 1. The topological polar surface area (TPSA) is 81.8 Å². The highest BCUT2D eigenvalue weighted by molar-refractivity contribution is 5.81. The number of rotatable bonds is 3. The fraction of sp³-hybridized carbons (Fsp3) is 0.889. The van der Waals surface area contributed by atoms with Gasteiger partial charge >= 0.3 is 0 Å². The molecule has 0 aromatic carbocycles. The second-order valence-corrected chi connectivity index (χ2v) is 3.99. The smallest absolute Gasteiger partial charge is 0.163 e. The Balaban J connectivity index is 2.55. The zero-order valence-electron chi connectivity index (χ0n) is 8.69. The molecule has 0 aromatic rings. The van der Waals surface area contributed by atoms with Crippen LogP contribution >= 0.6 is 0 Å². The molecule has 1 aliphatic rings. The van der Waals surface area contributed by atoms with Crippen molar-refractivity contribution in [2.24, 2.45) is 5.73 Å². The lowest BCUT2D eigenvalue weighted by molar-refractivity contribution is -0.154. The molecular formula is C9H17NO4. The predicted octanol–water partition coefficient (Wildman–Crippen LogP) is -0.585. The number of hydrogen-bond donors (Lipinski definition) is 2. The SMILES string of the molecule is CC(=O)[C@@H](N)[C@H](O)C1COC(C)(C)O1. The van der Waals surface area contributed by atoms with Crippen LogP contribution < -0.4 is 5.73 Å². The van der Waals surface area contributed by atoms with E-state index in [1.54, 1.807) is 13.8 Å². The average Bonchev–Trinajstić information content (AvgIpc) is 2.43. The number of Topliss-reactive ketones (excluding diaryl/α,β-unsaturated/α-hetero) is 1. The van der Waals surface area contributed by atoms with E-state index >= 15 is 0 Å². The molecule has 3 atom stereocenters. The molecule has 3 N–H and O–H groups in total. The fourth-order valence-corrected chi connectivity index (χ4v) is 1.36. The first-order valence-electron chi connectivity index (χ1n) is 4.59. The van der Waals surface area contributed by atoms with Crippen molar-refractivity contribution >= 4 is 5.78 Å². The summed E-state index contributed by atoms with van der Waals surface area (Å²) >= 11 is 0. The number of aliphatic hydroxyl groups is 1. The van der Waals surface area contributed by atoms with Crippen molar-refractivity contribution in [1.82, 2.24) is 0 Å². The number of ketones is 1. The molecular weight excluding hydrogens is 186 g/mol. The normalized spacial score (nSPS) is 29.9. The minimum atomic E-state index is -1.01. The van der Waals surface area contributed by atoms with E-state index in [1.165, 1.54) is 6.92 Å². The van der Waals surface area contributed by atoms with E-state index < -0.39 is 24.0 Å². The molecule has 1 unspecified atom stereocenters. The maximum atomic E-state index is 10.9. The zero-order chi connectivity index (χ0) is 10.9. The summed E-state index contributed by atoms with van der Waals surface area (Å²) in [4.78, 5) is 10.9. The van der Waals surface area contributed by atoms with Crippen LogP contribution in [0.5, 0.6) is 0 Å². The molecule has 5 heteroatoms. The van der Waals surface area contributed by atoms with Gasteiger partial charge in [-0.2, -0.15) is 0 Å². The molecule has 1 saturated heterocycles.